The van der Waals surface area contributed by atoms with Gasteiger partial charge in [-0.3, -0.25) is 14.4 Å². The van der Waals surface area contributed by atoms with Crippen LogP contribution in [0.25, 0.3) is 6.08 Å². The number of carbonyl (C=O) groups excluding carboxylic acids is 2. The zero-order chi connectivity index (χ0) is 23.1. The van der Waals surface area contributed by atoms with Gasteiger partial charge in [0.1, 0.15) is 11.9 Å². The van der Waals surface area contributed by atoms with Gasteiger partial charge in [0.25, 0.3) is 0 Å². The predicted octanol–water partition coefficient (Wildman–Crippen LogP) is 3.70. The van der Waals surface area contributed by atoms with Crippen LogP contribution in [-0.2, 0) is 25.6 Å². The van der Waals surface area contributed by atoms with E-state index in [2.05, 4.69) is 5.10 Å². The molecule has 0 radical (unpaired) electrons. The molecular weight excluding hydrogens is 469 g/mol. The molecule has 1 aliphatic rings. The van der Waals surface area contributed by atoms with Gasteiger partial charge in [-0.15, -0.1) is 12.4 Å². The van der Waals surface area contributed by atoms with Gasteiger partial charge in [0.15, 0.2) is 0 Å². The van der Waals surface area contributed by atoms with Gasteiger partial charge in [-0.1, -0.05) is 18.2 Å². The van der Waals surface area contributed by atoms with Crippen LogP contribution >= 0.6 is 25.0 Å². The Bertz CT molecular complexity index is 984. The van der Waals surface area contributed by atoms with Crippen molar-refractivity contribution < 1.29 is 23.5 Å². The minimum absolute atomic E-state index is 0. The molecule has 33 heavy (non-hydrogen) atoms. The van der Waals surface area contributed by atoms with E-state index in [1.165, 1.54) is 13.2 Å². The van der Waals surface area contributed by atoms with Gasteiger partial charge in [0.05, 0.1) is 32.4 Å². The number of benzene rings is 1. The zero-order valence-corrected chi connectivity index (χ0v) is 20.4. The van der Waals surface area contributed by atoms with Crippen molar-refractivity contribution in [2.24, 2.45) is 0 Å². The molecule has 0 N–H and O–H groups in total. The molecule has 180 valence electrons. The standard InChI is InChI=1S/C23H28FN3O4S.ClH/c1-3-31-21(28)10-13-27-12-8-17(25-27)14-16-15-26(11-9-20(16)32)22(23(29)30-2)18-6-4-5-7-19(18)24;/h4-8,12,14,20,22,32H,3,9-11,13,15H2,1-2H3;1H/b16-14+;/t20-,22-;/m1./s1. The van der Waals surface area contributed by atoms with Crippen molar-refractivity contribution in [1.29, 1.82) is 0 Å². The first-order chi connectivity index (χ1) is 15.4. The second-order valence-corrected chi connectivity index (χ2v) is 8.12. The van der Waals surface area contributed by atoms with Gasteiger partial charge in [-0.05, 0) is 37.1 Å². The van der Waals surface area contributed by atoms with Gasteiger partial charge >= 0.3 is 11.9 Å². The number of hydrogen-bond donors (Lipinski definition) is 1. The number of methoxy groups -OCH3 is 1. The molecule has 0 saturated carbocycles. The molecule has 2 aromatic rings. The number of nitrogens with zero attached hydrogens (tertiary/aromatic N) is 3. The molecule has 0 unspecified atom stereocenters. The van der Waals surface area contributed by atoms with E-state index in [1.807, 2.05) is 17.0 Å². The van der Waals surface area contributed by atoms with Crippen LogP contribution in [0.4, 0.5) is 4.39 Å². The second-order valence-electron chi connectivity index (χ2n) is 7.50. The van der Waals surface area contributed by atoms with Crippen LogP contribution in [0.5, 0.6) is 0 Å². The number of aryl methyl sites for hydroxylation is 1. The van der Waals surface area contributed by atoms with Crippen LogP contribution < -0.4 is 0 Å². The van der Waals surface area contributed by atoms with E-state index in [-0.39, 0.29) is 30.0 Å². The summed E-state index contributed by atoms with van der Waals surface area (Å²) in [6, 6.07) is 7.27. The summed E-state index contributed by atoms with van der Waals surface area (Å²) in [4.78, 5) is 26.0. The van der Waals surface area contributed by atoms with Crippen LogP contribution in [0.15, 0.2) is 42.1 Å². The van der Waals surface area contributed by atoms with Crippen molar-refractivity contribution in [3.63, 3.8) is 0 Å². The predicted molar refractivity (Wildman–Crippen MR) is 129 cm³/mol. The van der Waals surface area contributed by atoms with Crippen molar-refractivity contribution in [3.05, 3.63) is 59.2 Å². The van der Waals surface area contributed by atoms with Gasteiger partial charge < -0.3 is 9.47 Å². The lowest BCUT2D eigenvalue weighted by molar-refractivity contribution is -0.147. The fourth-order valence-electron chi connectivity index (χ4n) is 3.74. The molecule has 10 heteroatoms. The van der Waals surface area contributed by atoms with Gasteiger partial charge in [0, 0.05) is 30.1 Å². The van der Waals surface area contributed by atoms with E-state index in [0.717, 1.165) is 11.3 Å². The highest BCUT2D eigenvalue weighted by molar-refractivity contribution is 7.81. The van der Waals surface area contributed by atoms with E-state index >= 15 is 0 Å². The first-order valence-corrected chi connectivity index (χ1v) is 11.1. The largest absolute Gasteiger partial charge is 0.468 e. The topological polar surface area (TPSA) is 73.7 Å². The number of hydrogen-bond acceptors (Lipinski definition) is 7. The van der Waals surface area contributed by atoms with Crippen molar-refractivity contribution in [3.8, 4) is 0 Å². The molecule has 1 saturated heterocycles. The lowest BCUT2D eigenvalue weighted by atomic mass is 9.97. The average molecular weight is 498 g/mol. The molecule has 1 fully saturated rings. The van der Waals surface area contributed by atoms with Crippen LogP contribution in [0.2, 0.25) is 0 Å². The Kier molecular flexibility index (Phi) is 10.4. The maximum Gasteiger partial charge on any atom is 0.327 e. The van der Waals surface area contributed by atoms with Crippen LogP contribution in [-0.4, -0.2) is 58.7 Å². The summed E-state index contributed by atoms with van der Waals surface area (Å²) in [6.07, 6.45) is 4.68. The SMILES string of the molecule is CCOC(=O)CCn1ccc(/C=C2\CN([C@@H](C(=O)OC)c3ccccc3F)CC[C@H]2S)n1.Cl. The monoisotopic (exact) mass is 497 g/mol. The molecule has 0 bridgehead atoms. The van der Waals surface area contributed by atoms with Crippen molar-refractivity contribution in [2.75, 3.05) is 26.8 Å². The van der Waals surface area contributed by atoms with Gasteiger partial charge in [-0.2, -0.15) is 17.7 Å². The fourth-order valence-corrected chi connectivity index (χ4v) is 4.02. The maximum absolute atomic E-state index is 14.5. The highest BCUT2D eigenvalue weighted by Crippen LogP contribution is 2.31. The third-order valence-corrected chi connectivity index (χ3v) is 5.93. The highest BCUT2D eigenvalue weighted by Gasteiger charge is 2.34. The van der Waals surface area contributed by atoms with E-state index in [1.54, 1.807) is 36.0 Å². The van der Waals surface area contributed by atoms with Crippen molar-refractivity contribution >= 4 is 43.1 Å². The molecule has 1 aromatic carbocycles. The number of ether oxygens (including phenoxy) is 2. The van der Waals surface area contributed by atoms with Crippen molar-refractivity contribution in [1.82, 2.24) is 14.7 Å². The lowest BCUT2D eigenvalue weighted by Crippen LogP contribution is -2.42. The second kappa shape index (κ2) is 12.8. The molecular formula is C23H29ClFN3O4S. The quantitative estimate of drug-likeness (QED) is 0.443. The normalized spacial score (nSPS) is 18.4. The van der Waals surface area contributed by atoms with Gasteiger partial charge in [-0.25, -0.2) is 9.18 Å². The molecule has 3 rings (SSSR count). The first kappa shape index (κ1) is 26.9. The van der Waals surface area contributed by atoms with Crippen molar-refractivity contribution in [2.45, 2.75) is 37.6 Å². The third kappa shape index (κ3) is 7.06. The zero-order valence-electron chi connectivity index (χ0n) is 18.6. The molecule has 1 aliphatic heterocycles. The fraction of sp³-hybridized carbons (Fsp3) is 0.435. The Morgan fingerprint density at radius 2 is 2.09 bits per heavy atom. The number of aromatic nitrogens is 2. The molecule has 0 spiro atoms. The third-order valence-electron chi connectivity index (χ3n) is 5.34. The van der Waals surface area contributed by atoms with Gasteiger partial charge in [0.2, 0.25) is 0 Å². The summed E-state index contributed by atoms with van der Waals surface area (Å²) < 4.78 is 26.1. The number of rotatable bonds is 8. The molecule has 2 heterocycles. The van der Waals surface area contributed by atoms with E-state index in [0.29, 0.717) is 38.2 Å². The Balaban J connectivity index is 0.00000385. The number of halogens is 2. The molecule has 7 nitrogen and oxygen atoms in total. The Morgan fingerprint density at radius 1 is 1.33 bits per heavy atom. The van der Waals surface area contributed by atoms with Crippen LogP contribution in [0, 0.1) is 5.82 Å². The summed E-state index contributed by atoms with van der Waals surface area (Å²) in [6.45, 7) is 3.56. The summed E-state index contributed by atoms with van der Waals surface area (Å²) in [5.41, 5.74) is 1.99. The Labute approximate surface area is 204 Å². The lowest BCUT2D eigenvalue weighted by Gasteiger charge is -2.36. The maximum atomic E-state index is 14.5. The van der Waals surface area contributed by atoms with E-state index in [4.69, 9.17) is 22.1 Å². The summed E-state index contributed by atoms with van der Waals surface area (Å²) in [5, 5.41) is 4.49. The summed E-state index contributed by atoms with van der Waals surface area (Å²) >= 11 is 4.70. The number of piperidine rings is 1. The van der Waals surface area contributed by atoms with E-state index < -0.39 is 17.8 Å². The highest BCUT2D eigenvalue weighted by atomic mass is 35.5. The first-order valence-electron chi connectivity index (χ1n) is 10.6. The molecule has 2 atom stereocenters. The smallest absolute Gasteiger partial charge is 0.327 e. The van der Waals surface area contributed by atoms with Crippen LogP contribution in [0.1, 0.15) is 37.1 Å². The average Bonchev–Trinajstić information content (AvgIpc) is 3.23. The number of esters is 2. The molecule has 1 aromatic heterocycles. The number of likely N-dealkylation sites (tertiary alicyclic amines) is 1. The Hall–Kier alpha value is -2.36. The minimum atomic E-state index is -0.840. The Morgan fingerprint density at radius 3 is 2.79 bits per heavy atom. The summed E-state index contributed by atoms with van der Waals surface area (Å²) in [7, 11) is 1.31. The van der Waals surface area contributed by atoms with Crippen LogP contribution in [0.3, 0.4) is 0 Å². The van der Waals surface area contributed by atoms with E-state index in [9.17, 15) is 14.0 Å². The number of carbonyl (C=O) groups is 2. The minimum Gasteiger partial charge on any atom is -0.468 e. The number of thiol groups is 1. The summed E-state index contributed by atoms with van der Waals surface area (Å²) in [5.74, 6) is -1.21. The molecule has 0 aliphatic carbocycles. The molecule has 0 amide bonds.